The Bertz CT molecular complexity index is 969. The Labute approximate surface area is 153 Å². The summed E-state index contributed by atoms with van der Waals surface area (Å²) in [4.78, 5) is 14.7. The molecular weight excluding hydrogens is 352 g/mol. The van der Waals surface area contributed by atoms with Crippen molar-refractivity contribution in [2.24, 2.45) is 5.14 Å². The van der Waals surface area contributed by atoms with E-state index in [-0.39, 0.29) is 16.8 Å². The number of likely N-dealkylation sites (tertiary alicyclic amines) is 1. The van der Waals surface area contributed by atoms with Crippen LogP contribution >= 0.6 is 0 Å². The van der Waals surface area contributed by atoms with Gasteiger partial charge in [-0.2, -0.15) is 0 Å². The smallest absolute Gasteiger partial charge is 0.254 e. The molecule has 0 radical (unpaired) electrons. The monoisotopic (exact) mass is 374 g/mol. The molecule has 1 atom stereocenters. The van der Waals surface area contributed by atoms with Crippen LogP contribution in [0.1, 0.15) is 39.5 Å². The molecule has 0 saturated carbocycles. The average molecular weight is 374 g/mol. The highest BCUT2D eigenvalue weighted by molar-refractivity contribution is 7.89. The maximum Gasteiger partial charge on any atom is 0.254 e. The maximum atomic E-state index is 13.0. The SMILES string of the molecule is COc1cccc(C2CCN2C(=O)c2cc(C)c(C)c(S(N)(=O)=O)c2)c1. The summed E-state index contributed by atoms with van der Waals surface area (Å²) in [6, 6.07) is 10.7. The zero-order valence-electron chi connectivity index (χ0n) is 15.0. The van der Waals surface area contributed by atoms with Gasteiger partial charge in [0.15, 0.2) is 0 Å². The minimum Gasteiger partial charge on any atom is -0.497 e. The lowest BCUT2D eigenvalue weighted by Crippen LogP contribution is -2.45. The molecule has 1 aliphatic rings. The summed E-state index contributed by atoms with van der Waals surface area (Å²) < 4.78 is 28.9. The quantitative estimate of drug-likeness (QED) is 0.890. The van der Waals surface area contributed by atoms with Crippen molar-refractivity contribution in [2.45, 2.75) is 31.2 Å². The zero-order chi connectivity index (χ0) is 19.1. The number of nitrogens with zero attached hydrogens (tertiary/aromatic N) is 1. The van der Waals surface area contributed by atoms with Crippen molar-refractivity contribution in [2.75, 3.05) is 13.7 Å². The minimum atomic E-state index is -3.89. The molecule has 1 amide bonds. The van der Waals surface area contributed by atoms with E-state index in [9.17, 15) is 13.2 Å². The van der Waals surface area contributed by atoms with Crippen molar-refractivity contribution in [3.05, 3.63) is 58.7 Å². The maximum absolute atomic E-state index is 13.0. The van der Waals surface area contributed by atoms with Crippen molar-refractivity contribution in [1.29, 1.82) is 0 Å². The lowest BCUT2D eigenvalue weighted by atomic mass is 9.93. The van der Waals surface area contributed by atoms with Crippen LogP contribution in [0.4, 0.5) is 0 Å². The fraction of sp³-hybridized carbons (Fsp3) is 0.316. The van der Waals surface area contributed by atoms with Crippen LogP contribution in [0.3, 0.4) is 0 Å². The molecule has 1 unspecified atom stereocenters. The Morgan fingerprint density at radius 2 is 1.96 bits per heavy atom. The summed E-state index contributed by atoms with van der Waals surface area (Å²) in [6.45, 7) is 4.08. The zero-order valence-corrected chi connectivity index (χ0v) is 15.8. The van der Waals surface area contributed by atoms with E-state index in [0.29, 0.717) is 17.7 Å². The van der Waals surface area contributed by atoms with Crippen molar-refractivity contribution in [3.8, 4) is 5.75 Å². The molecule has 3 rings (SSSR count). The third-order valence-electron chi connectivity index (χ3n) is 4.93. The fourth-order valence-corrected chi connectivity index (χ4v) is 4.12. The molecule has 0 aliphatic carbocycles. The number of benzene rings is 2. The van der Waals surface area contributed by atoms with Gasteiger partial charge in [0.05, 0.1) is 18.0 Å². The van der Waals surface area contributed by atoms with Gasteiger partial charge in [-0.05, 0) is 61.2 Å². The molecule has 0 spiro atoms. The third-order valence-corrected chi connectivity index (χ3v) is 5.97. The predicted octanol–water partition coefficient (Wildman–Crippen LogP) is 2.55. The number of sulfonamides is 1. The lowest BCUT2D eigenvalue weighted by molar-refractivity contribution is 0.0459. The number of amides is 1. The summed E-state index contributed by atoms with van der Waals surface area (Å²) in [7, 11) is -2.28. The molecule has 1 aliphatic heterocycles. The van der Waals surface area contributed by atoms with Crippen molar-refractivity contribution in [1.82, 2.24) is 4.90 Å². The van der Waals surface area contributed by atoms with E-state index in [1.807, 2.05) is 24.3 Å². The van der Waals surface area contributed by atoms with Gasteiger partial charge in [-0.15, -0.1) is 0 Å². The van der Waals surface area contributed by atoms with E-state index in [1.54, 1.807) is 31.9 Å². The van der Waals surface area contributed by atoms with Gasteiger partial charge in [0.25, 0.3) is 5.91 Å². The largest absolute Gasteiger partial charge is 0.497 e. The number of primary sulfonamides is 1. The fourth-order valence-electron chi connectivity index (χ4n) is 3.24. The predicted molar refractivity (Wildman–Crippen MR) is 98.7 cm³/mol. The number of nitrogens with two attached hydrogens (primary N) is 1. The minimum absolute atomic E-state index is 0.000645. The van der Waals surface area contributed by atoms with Crippen molar-refractivity contribution >= 4 is 15.9 Å². The first-order chi connectivity index (χ1) is 12.2. The average Bonchev–Trinajstić information content (AvgIpc) is 2.55. The molecule has 2 N–H and O–H groups in total. The molecule has 1 saturated heterocycles. The molecule has 0 aromatic heterocycles. The number of aryl methyl sites for hydroxylation is 1. The van der Waals surface area contributed by atoms with Crippen LogP contribution in [0.2, 0.25) is 0 Å². The second-order valence-electron chi connectivity index (χ2n) is 6.54. The van der Waals surface area contributed by atoms with E-state index in [1.165, 1.54) is 6.07 Å². The molecular formula is C19H22N2O4S. The first kappa shape index (κ1) is 18.4. The number of hydrogen-bond acceptors (Lipinski definition) is 4. The van der Waals surface area contributed by atoms with Crippen LogP contribution in [0, 0.1) is 13.8 Å². The van der Waals surface area contributed by atoms with Crippen LogP contribution in [0.25, 0.3) is 0 Å². The molecule has 26 heavy (non-hydrogen) atoms. The first-order valence-electron chi connectivity index (χ1n) is 8.31. The van der Waals surface area contributed by atoms with Crippen LogP contribution in [0.15, 0.2) is 41.3 Å². The summed E-state index contributed by atoms with van der Waals surface area (Å²) in [6.07, 6.45) is 0.853. The van der Waals surface area contributed by atoms with E-state index in [4.69, 9.17) is 9.88 Å². The molecule has 2 aromatic rings. The Morgan fingerprint density at radius 3 is 2.54 bits per heavy atom. The molecule has 2 aromatic carbocycles. The van der Waals surface area contributed by atoms with Crippen LogP contribution < -0.4 is 9.88 Å². The number of hydrogen-bond donors (Lipinski definition) is 1. The van der Waals surface area contributed by atoms with Gasteiger partial charge in [0, 0.05) is 12.1 Å². The summed E-state index contributed by atoms with van der Waals surface area (Å²) in [5.41, 5.74) is 2.62. The summed E-state index contributed by atoms with van der Waals surface area (Å²) in [5.74, 6) is 0.543. The highest BCUT2D eigenvalue weighted by Crippen LogP contribution is 2.36. The van der Waals surface area contributed by atoms with Gasteiger partial charge in [0.2, 0.25) is 10.0 Å². The normalized spacial score (nSPS) is 16.9. The molecule has 1 heterocycles. The first-order valence-corrected chi connectivity index (χ1v) is 9.86. The second-order valence-corrected chi connectivity index (χ2v) is 8.07. The Kier molecular flexibility index (Phi) is 4.77. The van der Waals surface area contributed by atoms with Gasteiger partial charge in [-0.1, -0.05) is 12.1 Å². The summed E-state index contributed by atoms with van der Waals surface area (Å²) >= 11 is 0. The number of carbonyl (C=O) groups excluding carboxylic acids is 1. The van der Waals surface area contributed by atoms with E-state index in [2.05, 4.69) is 0 Å². The third kappa shape index (κ3) is 3.32. The number of methoxy groups -OCH3 is 1. The van der Waals surface area contributed by atoms with Gasteiger partial charge >= 0.3 is 0 Å². The molecule has 138 valence electrons. The number of rotatable bonds is 4. The molecule has 0 bridgehead atoms. The highest BCUT2D eigenvalue weighted by atomic mass is 32.2. The van der Waals surface area contributed by atoms with E-state index in [0.717, 1.165) is 23.3 Å². The number of ether oxygens (including phenoxy) is 1. The summed E-state index contributed by atoms with van der Waals surface area (Å²) in [5, 5.41) is 5.30. The lowest BCUT2D eigenvalue weighted by Gasteiger charge is -2.41. The number of carbonyl (C=O) groups is 1. The standard InChI is InChI=1S/C19H22N2O4S/c1-12-9-15(11-18(13(12)2)26(20,23)24)19(22)21-8-7-17(21)14-5-4-6-16(10-14)25-3/h4-6,9-11,17H,7-8H2,1-3H3,(H2,20,23,24). The van der Waals surface area contributed by atoms with Crippen molar-refractivity contribution < 1.29 is 17.9 Å². The van der Waals surface area contributed by atoms with Gasteiger partial charge in [-0.25, -0.2) is 13.6 Å². The highest BCUT2D eigenvalue weighted by Gasteiger charge is 2.34. The van der Waals surface area contributed by atoms with Crippen LogP contribution in [0.5, 0.6) is 5.75 Å². The second kappa shape index (κ2) is 6.74. The topological polar surface area (TPSA) is 89.7 Å². The van der Waals surface area contributed by atoms with Gasteiger partial charge in [0.1, 0.15) is 5.75 Å². The molecule has 7 heteroatoms. The molecule has 6 nitrogen and oxygen atoms in total. The van der Waals surface area contributed by atoms with Crippen LogP contribution in [-0.2, 0) is 10.0 Å². The van der Waals surface area contributed by atoms with Crippen molar-refractivity contribution in [3.63, 3.8) is 0 Å². The van der Waals surface area contributed by atoms with Gasteiger partial charge < -0.3 is 9.64 Å². The Balaban J connectivity index is 1.93. The Morgan fingerprint density at radius 1 is 1.23 bits per heavy atom. The van der Waals surface area contributed by atoms with Gasteiger partial charge in [-0.3, -0.25) is 4.79 Å². The van der Waals surface area contributed by atoms with Crippen LogP contribution in [-0.4, -0.2) is 32.9 Å². The Hall–Kier alpha value is -2.38. The molecule has 1 fully saturated rings. The van der Waals surface area contributed by atoms with E-state index < -0.39 is 10.0 Å². The van der Waals surface area contributed by atoms with E-state index >= 15 is 0 Å².